The third kappa shape index (κ3) is 41.4. The van der Waals surface area contributed by atoms with Gasteiger partial charge < -0.3 is 37.7 Å². The monoisotopic (exact) mass is 2000 g/mol. The molecule has 22 heteroatoms. The molecule has 0 aliphatic heterocycles. The van der Waals surface area contributed by atoms with Crippen molar-refractivity contribution in [3.05, 3.63) is 216 Å². The molecular weight excluding hydrogens is 1830 g/mol. The van der Waals surface area contributed by atoms with Crippen LogP contribution in [0.2, 0.25) is 0 Å². The normalized spacial score (nSPS) is 18.0. The largest absolute Gasteiger partial charge is 1.00 e. The molecule has 12 rings (SSSR count). The summed E-state index contributed by atoms with van der Waals surface area (Å²) in [5, 5.41) is 40.3. The number of carbonyl (C=O) groups is 14. The third-order valence-corrected chi connectivity index (χ3v) is 29.6. The van der Waals surface area contributed by atoms with Gasteiger partial charge >= 0.3 is 18.9 Å². The standard InChI is InChI=1S/C31H43NO4.2C31H41NO4.C31H39NO4.CH4.B.Li.H/c4*1-21(2)17-26(31(36)32-27(13-8-16-33)19-25-12-7-15-29(25)34)20-30(35)22(3)18-24-11-6-10-23-9-4-5-14-28(23)24;;;;/h4-6,9-11,14,21-22,25-27,33H,7-8,12-13,15-20H2,1-3H3,(H,32,36);4-6,9-11,14,16,21-22,25-27H,7-8,12-13,15,17-20H2,1-3H3,(H,32,36);4-6,8-11,13-14,21-22,25-27,33H,7,12,15-20H2,1-3H3,(H,32,36);4-6,8-11,13-14,16,21-22,25-27H,7,12,15,17-20H2,1-3H3,(H,32,36);1H4;;;/q;;;;;;+1;-1/b;;2*13-8+;;;;/t4*22-,25-,26+,27+;;;;/m0000..../s1. The van der Waals surface area contributed by atoms with E-state index in [1.54, 1.807) is 18.2 Å². The van der Waals surface area contributed by atoms with Gasteiger partial charge in [0.05, 0.1) is 6.61 Å². The van der Waals surface area contributed by atoms with E-state index in [9.17, 15) is 77.3 Å². The number of allylic oxidation sites excluding steroid dienone is 1. The van der Waals surface area contributed by atoms with E-state index in [1.165, 1.54) is 16.8 Å². The van der Waals surface area contributed by atoms with Gasteiger partial charge in [0.15, 0.2) is 0 Å². The van der Waals surface area contributed by atoms with Crippen LogP contribution < -0.4 is 40.1 Å². The molecule has 0 spiro atoms. The van der Waals surface area contributed by atoms with E-state index < -0.39 is 23.8 Å². The minimum absolute atomic E-state index is 0. The van der Waals surface area contributed by atoms with Crippen LogP contribution in [-0.4, -0.2) is 138 Å². The molecule has 0 heterocycles. The summed E-state index contributed by atoms with van der Waals surface area (Å²) in [6, 6.07) is 56.4. The van der Waals surface area contributed by atoms with Gasteiger partial charge in [-0.3, -0.25) is 62.3 Å². The van der Waals surface area contributed by atoms with E-state index in [0.29, 0.717) is 135 Å². The van der Waals surface area contributed by atoms with E-state index in [1.807, 2.05) is 114 Å². The van der Waals surface area contributed by atoms with E-state index in [4.69, 9.17) is 0 Å². The second kappa shape index (κ2) is 65.4. The number of rotatable bonds is 54. The van der Waals surface area contributed by atoms with Gasteiger partial charge in [-0.25, -0.2) is 0 Å². The van der Waals surface area contributed by atoms with Crippen molar-refractivity contribution < 1.29 is 97.6 Å². The number of hydrogen-bond acceptors (Lipinski definition) is 16. The number of carbonyl (C=O) groups excluding carboxylic acids is 14. The maximum Gasteiger partial charge on any atom is 1.00 e. The molecule has 147 heavy (non-hydrogen) atoms. The van der Waals surface area contributed by atoms with Crippen molar-refractivity contribution in [2.45, 2.75) is 320 Å². The number of fused-ring (bicyclic) bond motifs is 4. The quantitative estimate of drug-likeness (QED) is 0.00893. The maximum atomic E-state index is 13.4. The fraction of sp³-hybridized carbons (Fsp3) is 0.536. The van der Waals surface area contributed by atoms with Gasteiger partial charge in [0.1, 0.15) is 58.8 Å². The van der Waals surface area contributed by atoms with E-state index in [-0.39, 0.29) is 240 Å². The van der Waals surface area contributed by atoms with Crippen LogP contribution in [0.25, 0.3) is 43.1 Å². The number of nitrogens with one attached hydrogen (secondary N) is 4. The van der Waals surface area contributed by atoms with Crippen molar-refractivity contribution in [1.82, 2.24) is 21.3 Å². The van der Waals surface area contributed by atoms with Crippen molar-refractivity contribution >= 4 is 134 Å². The van der Waals surface area contributed by atoms with Crippen molar-refractivity contribution in [3.63, 3.8) is 0 Å². The summed E-state index contributed by atoms with van der Waals surface area (Å²) < 4.78 is 0. The molecule has 0 bridgehead atoms. The van der Waals surface area contributed by atoms with Crippen LogP contribution in [0.3, 0.4) is 0 Å². The molecule has 8 aromatic rings. The summed E-state index contributed by atoms with van der Waals surface area (Å²) in [5.41, 5.74) is 4.59. The summed E-state index contributed by atoms with van der Waals surface area (Å²) >= 11 is 0. The number of hydrogen-bond donors (Lipinski definition) is 6. The van der Waals surface area contributed by atoms with Gasteiger partial charge in [0.25, 0.3) is 0 Å². The SMILES string of the molecule is C.CC(C)C[C@H](CC(=O)[C@@H](C)Cc1cccc2ccccc12)C(=O)N[C@H](/C=C/C=O)C[C@@H]1CCCC1=O.CC(C)C[C@H](CC(=O)[C@@H](C)Cc1cccc2ccccc12)C(=O)N[C@H](/C=C/CO)C[C@@H]1CCCC1=O.CC(C)C[C@H](CC(=O)[C@@H](C)Cc1cccc2ccccc12)C(=O)N[C@H](CCC=O)C[C@@H]1CCCC1=O.CC(C)C[C@H](CC(=O)[C@@H](C)Cc1cccc2ccccc12)C(=O)N[C@H](CCCO)C[C@@H]1CCCC1=O.[B].[H-].[Li+]. The van der Waals surface area contributed by atoms with Crippen molar-refractivity contribution in [3.8, 4) is 0 Å². The molecule has 16 atom stereocenters. The van der Waals surface area contributed by atoms with Crippen molar-refractivity contribution in [2.75, 3.05) is 13.2 Å². The maximum absolute atomic E-state index is 13.4. The zero-order valence-electron chi connectivity index (χ0n) is 90.4. The Labute approximate surface area is 891 Å². The smallest absolute Gasteiger partial charge is 1.00 e. The van der Waals surface area contributed by atoms with Gasteiger partial charge in [-0.05, 0) is 243 Å². The molecule has 789 valence electrons. The van der Waals surface area contributed by atoms with Crippen LogP contribution in [0.4, 0.5) is 0 Å². The molecule has 0 saturated heterocycles. The first-order valence-corrected chi connectivity index (χ1v) is 53.9. The second-order valence-electron chi connectivity index (χ2n) is 43.5. The molecule has 4 saturated carbocycles. The Hall–Kier alpha value is -10.6. The van der Waals surface area contributed by atoms with E-state index >= 15 is 0 Å². The molecule has 0 unspecified atom stereocenters. The Kier molecular flexibility index (Phi) is 55.7. The van der Waals surface area contributed by atoms with Crippen LogP contribution in [0.15, 0.2) is 194 Å². The number of aldehydes is 2. The van der Waals surface area contributed by atoms with Crippen LogP contribution in [0.1, 0.15) is 294 Å². The van der Waals surface area contributed by atoms with Crippen LogP contribution in [0, 0.1) is 94.7 Å². The van der Waals surface area contributed by atoms with Crippen LogP contribution >= 0.6 is 0 Å². The molecule has 8 aromatic carbocycles. The van der Waals surface area contributed by atoms with E-state index in [0.717, 1.165) is 112 Å². The first-order chi connectivity index (χ1) is 69.1. The Balaban J connectivity index is 0.000000344. The first-order valence-electron chi connectivity index (χ1n) is 53.9. The average Bonchev–Trinajstić information content (AvgIpc) is 1.05. The Morgan fingerprint density at radius 3 is 0.884 bits per heavy atom. The van der Waals surface area contributed by atoms with E-state index in [2.05, 4.69) is 160 Å². The first kappa shape index (κ1) is 125. The fourth-order valence-electron chi connectivity index (χ4n) is 21.8. The zero-order chi connectivity index (χ0) is 104. The number of benzene rings is 8. The van der Waals surface area contributed by atoms with Gasteiger partial charge in [-0.1, -0.05) is 279 Å². The summed E-state index contributed by atoms with van der Waals surface area (Å²) in [6.45, 7) is 24.2. The molecular formula is C125H169BLiN4O16. The number of ketones is 8. The summed E-state index contributed by atoms with van der Waals surface area (Å²) in [5.74, 6) is -0.676. The number of aliphatic hydroxyl groups excluding tert-OH is 2. The molecule has 4 fully saturated rings. The van der Waals surface area contributed by atoms with Gasteiger partial charge in [0, 0.05) is 168 Å². The number of Topliss-reactive ketones (excluding diaryl/α,β-unsaturated/α-hetero) is 8. The summed E-state index contributed by atoms with van der Waals surface area (Å²) in [6.07, 6.45) is 27.6. The molecule has 20 nitrogen and oxygen atoms in total. The van der Waals surface area contributed by atoms with Crippen LogP contribution in [0.5, 0.6) is 0 Å². The van der Waals surface area contributed by atoms with Crippen molar-refractivity contribution in [2.24, 2.45) is 94.7 Å². The van der Waals surface area contributed by atoms with Gasteiger partial charge in [-0.15, -0.1) is 0 Å². The predicted octanol–water partition coefficient (Wildman–Crippen LogP) is 20.0. The third-order valence-electron chi connectivity index (χ3n) is 29.6. The van der Waals surface area contributed by atoms with Gasteiger partial charge in [0.2, 0.25) is 23.6 Å². The summed E-state index contributed by atoms with van der Waals surface area (Å²) in [4.78, 5) is 177. The predicted molar refractivity (Wildman–Crippen MR) is 590 cm³/mol. The molecule has 3 radical (unpaired) electrons. The van der Waals surface area contributed by atoms with Crippen molar-refractivity contribution in [1.29, 1.82) is 0 Å². The minimum atomic E-state index is -0.445. The molecule has 4 aliphatic rings. The van der Waals surface area contributed by atoms with Gasteiger partial charge in [-0.2, -0.15) is 0 Å². The Morgan fingerprint density at radius 1 is 0.361 bits per heavy atom. The second-order valence-corrected chi connectivity index (χ2v) is 43.5. The Morgan fingerprint density at radius 2 is 0.626 bits per heavy atom. The summed E-state index contributed by atoms with van der Waals surface area (Å²) in [7, 11) is 0. The number of amides is 4. The average molecular weight is 2000 g/mol. The zero-order valence-corrected chi connectivity index (χ0v) is 89.4. The fourth-order valence-corrected chi connectivity index (χ4v) is 21.8. The Bertz CT molecular complexity index is 5630. The molecule has 4 aliphatic carbocycles. The molecule has 4 amide bonds. The van der Waals surface area contributed by atoms with Crippen LogP contribution in [-0.2, 0) is 92.8 Å². The molecule has 6 N–H and O–H groups in total. The minimum Gasteiger partial charge on any atom is -1.00 e. The molecule has 0 aromatic heterocycles. The topological polar surface area (TPSA) is 328 Å². The number of aliphatic hydroxyl groups is 2.